The number of rotatable bonds is 7. The Kier molecular flexibility index (Phi) is 7.39. The molecule has 1 amide bonds. The first kappa shape index (κ1) is 24.4. The van der Waals surface area contributed by atoms with Crippen LogP contribution in [-0.4, -0.2) is 47.2 Å². The zero-order valence-corrected chi connectivity index (χ0v) is 21.0. The van der Waals surface area contributed by atoms with Gasteiger partial charge in [0.15, 0.2) is 0 Å². The van der Waals surface area contributed by atoms with Gasteiger partial charge in [-0.3, -0.25) is 10.1 Å². The van der Waals surface area contributed by atoms with Crippen LogP contribution in [0.5, 0.6) is 0 Å². The van der Waals surface area contributed by atoms with Crippen LogP contribution in [0.25, 0.3) is 11.5 Å². The molecule has 2 heterocycles. The summed E-state index contributed by atoms with van der Waals surface area (Å²) in [6.07, 6.45) is 1.89. The van der Waals surface area contributed by atoms with Crippen molar-refractivity contribution in [2.45, 2.75) is 48.7 Å². The molecule has 2 aromatic carbocycles. The van der Waals surface area contributed by atoms with Gasteiger partial charge in [0.1, 0.15) is 0 Å². The minimum absolute atomic E-state index is 0.0269. The maximum atomic E-state index is 12.9. The minimum atomic E-state index is -3.58. The number of benzene rings is 2. The number of nitrogens with one attached hydrogen (secondary N) is 1. The molecule has 4 rings (SSSR count). The number of aromatic nitrogens is 2. The van der Waals surface area contributed by atoms with Crippen LogP contribution >= 0.6 is 11.8 Å². The molecule has 1 N–H and O–H groups in total. The number of hydrogen-bond donors (Lipinski definition) is 1. The second-order valence-electron chi connectivity index (χ2n) is 8.70. The number of amides is 1. The van der Waals surface area contributed by atoms with Crippen molar-refractivity contribution in [3.8, 4) is 11.5 Å². The number of carbonyl (C=O) groups excluding carboxylic acids is 1. The topological polar surface area (TPSA) is 105 Å². The van der Waals surface area contributed by atoms with Crippen LogP contribution in [0.15, 0.2) is 62.7 Å². The van der Waals surface area contributed by atoms with E-state index in [0.29, 0.717) is 35.7 Å². The highest BCUT2D eigenvalue weighted by Crippen LogP contribution is 2.28. The van der Waals surface area contributed by atoms with Gasteiger partial charge in [0.05, 0.1) is 4.90 Å². The molecule has 1 atom stereocenters. The summed E-state index contributed by atoms with van der Waals surface area (Å²) < 4.78 is 33.0. The van der Waals surface area contributed by atoms with Crippen molar-refractivity contribution in [3.05, 3.63) is 54.1 Å². The van der Waals surface area contributed by atoms with E-state index in [0.717, 1.165) is 23.3 Å². The average molecular weight is 501 g/mol. The van der Waals surface area contributed by atoms with Crippen LogP contribution in [0.1, 0.15) is 44.0 Å². The van der Waals surface area contributed by atoms with E-state index in [1.165, 1.54) is 28.6 Å². The molecule has 34 heavy (non-hydrogen) atoms. The van der Waals surface area contributed by atoms with Gasteiger partial charge < -0.3 is 4.42 Å². The van der Waals surface area contributed by atoms with Crippen molar-refractivity contribution in [2.75, 3.05) is 18.4 Å². The molecule has 1 unspecified atom stereocenters. The predicted molar refractivity (Wildman–Crippen MR) is 132 cm³/mol. The van der Waals surface area contributed by atoms with Crippen LogP contribution < -0.4 is 5.32 Å². The Hall–Kier alpha value is -2.69. The highest BCUT2D eigenvalue weighted by Gasteiger charge is 2.28. The summed E-state index contributed by atoms with van der Waals surface area (Å²) in [6, 6.07) is 13.6. The zero-order valence-electron chi connectivity index (χ0n) is 19.4. The number of thioether (sulfide) groups is 1. The molecule has 0 bridgehead atoms. The van der Waals surface area contributed by atoms with E-state index in [9.17, 15) is 13.2 Å². The fraction of sp³-hybridized carbons (Fsp3) is 0.375. The number of hydrogen-bond acceptors (Lipinski definition) is 7. The number of nitrogens with zero attached hydrogens (tertiary/aromatic N) is 3. The first-order valence-electron chi connectivity index (χ1n) is 11.2. The molecule has 0 saturated carbocycles. The number of anilines is 1. The predicted octanol–water partition coefficient (Wildman–Crippen LogP) is 4.91. The Balaban J connectivity index is 1.43. The Morgan fingerprint density at radius 1 is 1.18 bits per heavy atom. The molecule has 1 aliphatic rings. The van der Waals surface area contributed by atoms with Gasteiger partial charge >= 0.3 is 6.01 Å². The van der Waals surface area contributed by atoms with Crippen LogP contribution in [0.3, 0.4) is 0 Å². The molecular weight excluding hydrogens is 472 g/mol. The van der Waals surface area contributed by atoms with Crippen molar-refractivity contribution < 1.29 is 17.6 Å². The van der Waals surface area contributed by atoms with Gasteiger partial charge in [-0.15, -0.1) is 16.9 Å². The quantitative estimate of drug-likeness (QED) is 0.460. The van der Waals surface area contributed by atoms with Crippen molar-refractivity contribution >= 4 is 33.7 Å². The highest BCUT2D eigenvalue weighted by molar-refractivity contribution is 7.99. The molecule has 8 nitrogen and oxygen atoms in total. The smallest absolute Gasteiger partial charge is 0.322 e. The molecule has 0 radical (unpaired) electrons. The molecule has 1 aliphatic heterocycles. The van der Waals surface area contributed by atoms with Crippen LogP contribution in [-0.2, 0) is 10.0 Å². The molecular formula is C24H28N4O4S2. The third kappa shape index (κ3) is 5.68. The maximum Gasteiger partial charge on any atom is 0.322 e. The standard InChI is InChI=1S/C24H28N4O4S2/c1-16(2)33-20-8-4-7-19(14-20)23-26-27-24(32-23)25-22(29)18-9-11-21(12-10-18)34(30,31)28-13-5-6-17(3)15-28/h4,7-12,14,16-17H,5-6,13,15H2,1-3H3,(H,25,27,29). The Bertz CT molecular complexity index is 1260. The molecule has 1 saturated heterocycles. The number of sulfonamides is 1. The largest absolute Gasteiger partial charge is 0.403 e. The van der Waals surface area contributed by atoms with E-state index in [1.807, 2.05) is 24.3 Å². The summed E-state index contributed by atoms with van der Waals surface area (Å²) in [5.74, 6) is 0.179. The molecule has 10 heteroatoms. The monoisotopic (exact) mass is 500 g/mol. The molecule has 0 aliphatic carbocycles. The van der Waals surface area contributed by atoms with Crippen LogP contribution in [0.4, 0.5) is 6.01 Å². The molecule has 1 fully saturated rings. The van der Waals surface area contributed by atoms with Gasteiger partial charge in [-0.2, -0.15) is 4.31 Å². The van der Waals surface area contributed by atoms with E-state index in [1.54, 1.807) is 11.8 Å². The number of carbonyl (C=O) groups is 1. The minimum Gasteiger partial charge on any atom is -0.403 e. The highest BCUT2D eigenvalue weighted by atomic mass is 32.2. The van der Waals surface area contributed by atoms with Gasteiger partial charge in [0.25, 0.3) is 5.91 Å². The van der Waals surface area contributed by atoms with E-state index in [4.69, 9.17) is 4.42 Å². The summed E-state index contributed by atoms with van der Waals surface area (Å²) in [5, 5.41) is 11.0. The summed E-state index contributed by atoms with van der Waals surface area (Å²) in [6.45, 7) is 7.33. The van der Waals surface area contributed by atoms with E-state index >= 15 is 0 Å². The van der Waals surface area contributed by atoms with Crippen LogP contribution in [0.2, 0.25) is 0 Å². The van der Waals surface area contributed by atoms with Gasteiger partial charge in [-0.05, 0) is 61.2 Å². The van der Waals surface area contributed by atoms with Crippen molar-refractivity contribution in [3.63, 3.8) is 0 Å². The van der Waals surface area contributed by atoms with Crippen molar-refractivity contribution in [2.24, 2.45) is 5.92 Å². The fourth-order valence-corrected chi connectivity index (χ4v) is 6.32. The number of piperidine rings is 1. The lowest BCUT2D eigenvalue weighted by Gasteiger charge is -2.30. The molecule has 180 valence electrons. The van der Waals surface area contributed by atoms with E-state index in [2.05, 4.69) is 36.3 Å². The lowest BCUT2D eigenvalue weighted by atomic mass is 10.0. The SMILES string of the molecule is CC1CCCN(S(=O)(=O)c2ccc(C(=O)Nc3nnc(-c4cccc(SC(C)C)c4)o3)cc2)C1. The van der Waals surface area contributed by atoms with Gasteiger partial charge in [0, 0.05) is 34.4 Å². The lowest BCUT2D eigenvalue weighted by Crippen LogP contribution is -2.39. The normalized spacial score (nSPS) is 17.1. The summed E-state index contributed by atoms with van der Waals surface area (Å²) in [5.41, 5.74) is 1.06. The Morgan fingerprint density at radius 3 is 2.65 bits per heavy atom. The third-order valence-corrected chi connectivity index (χ3v) is 8.35. The Morgan fingerprint density at radius 2 is 1.94 bits per heavy atom. The third-order valence-electron chi connectivity index (χ3n) is 5.47. The van der Waals surface area contributed by atoms with Crippen molar-refractivity contribution in [1.82, 2.24) is 14.5 Å². The Labute approximate surface area is 204 Å². The second kappa shape index (κ2) is 10.3. The van der Waals surface area contributed by atoms with Gasteiger partial charge in [-0.25, -0.2) is 8.42 Å². The summed E-state index contributed by atoms with van der Waals surface area (Å²) in [4.78, 5) is 13.9. The van der Waals surface area contributed by atoms with Crippen molar-refractivity contribution in [1.29, 1.82) is 0 Å². The second-order valence-corrected chi connectivity index (χ2v) is 12.3. The summed E-state index contributed by atoms with van der Waals surface area (Å²) >= 11 is 1.73. The van der Waals surface area contributed by atoms with E-state index in [-0.39, 0.29) is 10.9 Å². The van der Waals surface area contributed by atoms with E-state index < -0.39 is 15.9 Å². The average Bonchev–Trinajstić information content (AvgIpc) is 3.27. The first-order valence-corrected chi connectivity index (χ1v) is 13.6. The molecule has 3 aromatic rings. The summed E-state index contributed by atoms with van der Waals surface area (Å²) in [7, 11) is -3.58. The molecule has 1 aromatic heterocycles. The zero-order chi connectivity index (χ0) is 24.3. The first-order chi connectivity index (χ1) is 16.2. The molecule has 0 spiro atoms. The van der Waals surface area contributed by atoms with Gasteiger partial charge in [-0.1, -0.05) is 31.9 Å². The fourth-order valence-electron chi connectivity index (χ4n) is 3.83. The maximum absolute atomic E-state index is 12.9. The van der Waals surface area contributed by atoms with Crippen LogP contribution in [0, 0.1) is 5.92 Å². The van der Waals surface area contributed by atoms with Gasteiger partial charge in [0.2, 0.25) is 15.9 Å². The lowest BCUT2D eigenvalue weighted by molar-refractivity contribution is 0.102.